The van der Waals surface area contributed by atoms with Crippen LogP contribution in [-0.2, 0) is 9.53 Å². The fraction of sp³-hybridized carbons (Fsp3) is 0.357. The second kappa shape index (κ2) is 8.46. The van der Waals surface area contributed by atoms with Gasteiger partial charge in [-0.15, -0.1) is 0 Å². The summed E-state index contributed by atoms with van der Waals surface area (Å²) in [7, 11) is 1.57. The Labute approximate surface area is 126 Å². The third-order valence-corrected chi connectivity index (χ3v) is 3.14. The van der Waals surface area contributed by atoms with E-state index in [1.165, 1.54) is 0 Å². The summed E-state index contributed by atoms with van der Waals surface area (Å²) in [6.45, 7) is 0.886. The summed E-state index contributed by atoms with van der Waals surface area (Å²) in [6.07, 6.45) is 0.632. The van der Waals surface area contributed by atoms with Crippen LogP contribution in [0.1, 0.15) is 16.8 Å². The molecule has 0 aliphatic rings. The molecule has 0 bridgehead atoms. The Morgan fingerprint density at radius 2 is 2.05 bits per heavy atom. The lowest BCUT2D eigenvalue weighted by molar-refractivity contribution is -0.122. The molecular weight excluding hydrogens is 324 g/mol. The zero-order valence-corrected chi connectivity index (χ0v) is 12.6. The molecule has 1 N–H and O–H groups in total. The van der Waals surface area contributed by atoms with E-state index in [-0.39, 0.29) is 0 Å². The number of hydrogen-bond donors (Lipinski definition) is 1. The summed E-state index contributed by atoms with van der Waals surface area (Å²) in [5.41, 5.74) is 0.340. The average molecular weight is 339 g/mol. The minimum Gasteiger partial charge on any atom is -0.385 e. The highest BCUT2D eigenvalue weighted by Gasteiger charge is 2.27. The lowest BCUT2D eigenvalue weighted by Crippen LogP contribution is -2.35. The molecule has 0 unspecified atom stereocenters. The number of ether oxygens (including phenoxy) is 1. The van der Waals surface area contributed by atoms with Gasteiger partial charge in [-0.2, -0.15) is 5.26 Å². The van der Waals surface area contributed by atoms with Crippen molar-refractivity contribution in [2.75, 3.05) is 20.3 Å². The molecular formula is C14H15BrN2O3. The standard InChI is InChI=1S/C14H15BrN2O3/c1-20-8-2-7-17-14(19)12(9-16)13(18)10-3-5-11(15)6-4-10/h3-6,12H,2,7-8H2,1H3,(H,17,19)/t12-/m0/s1. The molecule has 0 aliphatic carbocycles. The molecule has 20 heavy (non-hydrogen) atoms. The highest BCUT2D eigenvalue weighted by Crippen LogP contribution is 2.14. The van der Waals surface area contributed by atoms with Crippen LogP contribution in [0.2, 0.25) is 0 Å². The van der Waals surface area contributed by atoms with Crippen LogP contribution in [0.4, 0.5) is 0 Å². The summed E-state index contributed by atoms with van der Waals surface area (Å²) in [6, 6.07) is 8.29. The van der Waals surface area contributed by atoms with Gasteiger partial charge in [0.25, 0.3) is 0 Å². The van der Waals surface area contributed by atoms with Gasteiger partial charge in [0.2, 0.25) is 5.91 Å². The highest BCUT2D eigenvalue weighted by molar-refractivity contribution is 9.10. The van der Waals surface area contributed by atoms with Gasteiger partial charge in [-0.1, -0.05) is 28.1 Å². The Balaban J connectivity index is 2.65. The molecule has 106 valence electrons. The third-order valence-electron chi connectivity index (χ3n) is 2.61. The SMILES string of the molecule is COCCCNC(=O)[C@@H](C#N)C(=O)c1ccc(Br)cc1. The molecule has 0 saturated carbocycles. The molecule has 0 aliphatic heterocycles. The van der Waals surface area contributed by atoms with Crippen LogP contribution in [0.3, 0.4) is 0 Å². The molecule has 0 fully saturated rings. The van der Waals surface area contributed by atoms with E-state index in [1.807, 2.05) is 0 Å². The molecule has 0 spiro atoms. The van der Waals surface area contributed by atoms with Crippen molar-refractivity contribution in [3.8, 4) is 6.07 Å². The number of methoxy groups -OCH3 is 1. The third kappa shape index (κ3) is 4.76. The van der Waals surface area contributed by atoms with Gasteiger partial charge in [0.1, 0.15) is 0 Å². The van der Waals surface area contributed by atoms with Crippen molar-refractivity contribution < 1.29 is 14.3 Å². The van der Waals surface area contributed by atoms with E-state index >= 15 is 0 Å². The largest absolute Gasteiger partial charge is 0.385 e. The molecule has 1 aromatic carbocycles. The first-order chi connectivity index (χ1) is 9.60. The predicted molar refractivity (Wildman–Crippen MR) is 77.1 cm³/mol. The number of rotatable bonds is 7. The number of nitriles is 1. The van der Waals surface area contributed by atoms with Gasteiger partial charge in [0, 0.05) is 30.3 Å². The number of hydrogen-bond acceptors (Lipinski definition) is 4. The maximum Gasteiger partial charge on any atom is 0.245 e. The smallest absolute Gasteiger partial charge is 0.245 e. The minimum absolute atomic E-state index is 0.340. The van der Waals surface area contributed by atoms with Gasteiger partial charge in [-0.3, -0.25) is 9.59 Å². The zero-order chi connectivity index (χ0) is 15.0. The van der Waals surface area contributed by atoms with Gasteiger partial charge < -0.3 is 10.1 Å². The fourth-order valence-electron chi connectivity index (χ4n) is 1.55. The number of nitrogens with zero attached hydrogens (tertiary/aromatic N) is 1. The van der Waals surface area contributed by atoms with Gasteiger partial charge >= 0.3 is 0 Å². The van der Waals surface area contributed by atoms with Crippen molar-refractivity contribution in [3.63, 3.8) is 0 Å². The van der Waals surface area contributed by atoms with Crippen LogP contribution < -0.4 is 5.32 Å². The quantitative estimate of drug-likeness (QED) is 0.468. The molecule has 5 nitrogen and oxygen atoms in total. The molecule has 1 atom stereocenters. The van der Waals surface area contributed by atoms with Gasteiger partial charge in [-0.05, 0) is 18.6 Å². The average Bonchev–Trinajstić information content (AvgIpc) is 2.45. The van der Waals surface area contributed by atoms with Crippen LogP contribution in [0.25, 0.3) is 0 Å². The van der Waals surface area contributed by atoms with E-state index in [9.17, 15) is 9.59 Å². The zero-order valence-electron chi connectivity index (χ0n) is 11.1. The van der Waals surface area contributed by atoms with Crippen LogP contribution >= 0.6 is 15.9 Å². The molecule has 0 aromatic heterocycles. The number of nitrogens with one attached hydrogen (secondary N) is 1. The fourth-order valence-corrected chi connectivity index (χ4v) is 1.81. The van der Waals surface area contributed by atoms with Crippen LogP contribution in [0.5, 0.6) is 0 Å². The number of ketones is 1. The van der Waals surface area contributed by atoms with Crippen molar-refractivity contribution in [1.82, 2.24) is 5.32 Å². The maximum absolute atomic E-state index is 12.1. The molecule has 1 aromatic rings. The van der Waals surface area contributed by atoms with Crippen molar-refractivity contribution in [1.29, 1.82) is 5.26 Å². The van der Waals surface area contributed by atoms with Crippen LogP contribution in [-0.4, -0.2) is 32.0 Å². The van der Waals surface area contributed by atoms with E-state index in [1.54, 1.807) is 37.4 Å². The van der Waals surface area contributed by atoms with Gasteiger partial charge in [-0.25, -0.2) is 0 Å². The lowest BCUT2D eigenvalue weighted by Gasteiger charge is -2.09. The van der Waals surface area contributed by atoms with Crippen LogP contribution in [0, 0.1) is 17.2 Å². The predicted octanol–water partition coefficient (Wildman–Crippen LogP) is 1.92. The van der Waals surface area contributed by atoms with E-state index in [2.05, 4.69) is 21.2 Å². The summed E-state index contributed by atoms with van der Waals surface area (Å²) in [5, 5.41) is 11.6. The summed E-state index contributed by atoms with van der Waals surface area (Å²) in [4.78, 5) is 23.9. The molecule has 6 heteroatoms. The Hall–Kier alpha value is -1.71. The summed E-state index contributed by atoms with van der Waals surface area (Å²) >= 11 is 3.26. The first-order valence-electron chi connectivity index (χ1n) is 6.06. The van der Waals surface area contributed by atoms with E-state index in [0.717, 1.165) is 4.47 Å². The van der Waals surface area contributed by atoms with Gasteiger partial charge in [0.15, 0.2) is 11.7 Å². The number of benzene rings is 1. The van der Waals surface area contributed by atoms with E-state index < -0.39 is 17.6 Å². The Morgan fingerprint density at radius 3 is 2.60 bits per heavy atom. The lowest BCUT2D eigenvalue weighted by atomic mass is 9.98. The molecule has 0 saturated heterocycles. The second-order valence-corrected chi connectivity index (χ2v) is 4.99. The number of carbonyl (C=O) groups excluding carboxylic acids is 2. The summed E-state index contributed by atoms with van der Waals surface area (Å²) in [5.74, 6) is -2.39. The first-order valence-corrected chi connectivity index (χ1v) is 6.85. The molecule has 0 radical (unpaired) electrons. The molecule has 1 amide bonds. The number of amides is 1. The van der Waals surface area contributed by atoms with Crippen molar-refractivity contribution in [2.24, 2.45) is 5.92 Å². The number of carbonyl (C=O) groups is 2. The van der Waals surface area contributed by atoms with Crippen molar-refractivity contribution in [2.45, 2.75) is 6.42 Å². The first kappa shape index (κ1) is 16.3. The van der Waals surface area contributed by atoms with Crippen molar-refractivity contribution >= 4 is 27.6 Å². The monoisotopic (exact) mass is 338 g/mol. The van der Waals surface area contributed by atoms with E-state index in [0.29, 0.717) is 25.1 Å². The minimum atomic E-state index is -1.32. The van der Waals surface area contributed by atoms with Gasteiger partial charge in [0.05, 0.1) is 6.07 Å². The topological polar surface area (TPSA) is 79.2 Å². The number of halogens is 1. The number of Topliss-reactive ketones (excluding diaryl/α,β-unsaturated/α-hetero) is 1. The normalized spacial score (nSPS) is 11.4. The molecule has 0 heterocycles. The Kier molecular flexibility index (Phi) is 6.91. The second-order valence-electron chi connectivity index (χ2n) is 4.07. The Morgan fingerprint density at radius 1 is 1.40 bits per heavy atom. The Bertz CT molecular complexity index is 508. The van der Waals surface area contributed by atoms with Crippen molar-refractivity contribution in [3.05, 3.63) is 34.3 Å². The van der Waals surface area contributed by atoms with Crippen LogP contribution in [0.15, 0.2) is 28.7 Å². The van der Waals surface area contributed by atoms with E-state index in [4.69, 9.17) is 10.00 Å². The summed E-state index contributed by atoms with van der Waals surface area (Å²) < 4.78 is 5.68. The highest BCUT2D eigenvalue weighted by atomic mass is 79.9. The maximum atomic E-state index is 12.1. The molecule has 1 rings (SSSR count).